The molecular formula is C15H15BrF3NO3. The van der Waals surface area contributed by atoms with Crippen LogP contribution in [-0.2, 0) is 11.0 Å². The Bertz CT molecular complexity index is 610. The molecule has 1 amide bonds. The van der Waals surface area contributed by atoms with Gasteiger partial charge in [-0.05, 0) is 43.9 Å². The number of carboxylic acid groups (broad SMARTS) is 1. The highest BCUT2D eigenvalue weighted by atomic mass is 79.9. The van der Waals surface area contributed by atoms with Crippen molar-refractivity contribution in [3.8, 4) is 0 Å². The number of carboxylic acids is 1. The Balaban J connectivity index is 2.09. The molecule has 1 aromatic rings. The van der Waals surface area contributed by atoms with E-state index < -0.39 is 35.1 Å². The summed E-state index contributed by atoms with van der Waals surface area (Å²) in [6, 6.07) is 3.08. The van der Waals surface area contributed by atoms with Gasteiger partial charge in [0.25, 0.3) is 5.91 Å². The minimum absolute atomic E-state index is 0.239. The maximum Gasteiger partial charge on any atom is 0.417 e. The summed E-state index contributed by atoms with van der Waals surface area (Å²) in [5.41, 5.74) is -1.43. The Morgan fingerprint density at radius 2 is 1.78 bits per heavy atom. The van der Waals surface area contributed by atoms with E-state index in [0.29, 0.717) is 25.7 Å². The molecule has 1 saturated carbocycles. The third-order valence-corrected chi connectivity index (χ3v) is 4.44. The summed E-state index contributed by atoms with van der Waals surface area (Å²) < 4.78 is 39.4. The lowest BCUT2D eigenvalue weighted by molar-refractivity contribution is -0.143. The lowest BCUT2D eigenvalue weighted by Gasteiger charge is -2.27. The van der Waals surface area contributed by atoms with E-state index in [4.69, 9.17) is 5.11 Å². The Morgan fingerprint density at radius 3 is 2.30 bits per heavy atom. The fraction of sp³-hybridized carbons (Fsp3) is 0.467. The van der Waals surface area contributed by atoms with Crippen LogP contribution in [0, 0.1) is 5.92 Å². The molecule has 1 aliphatic carbocycles. The number of alkyl halides is 3. The highest BCUT2D eigenvalue weighted by molar-refractivity contribution is 9.10. The van der Waals surface area contributed by atoms with Crippen LogP contribution in [0.5, 0.6) is 0 Å². The smallest absolute Gasteiger partial charge is 0.417 e. The molecule has 1 fully saturated rings. The number of benzene rings is 1. The predicted octanol–water partition coefficient (Wildman–Crippen LogP) is 3.84. The highest BCUT2D eigenvalue weighted by Crippen LogP contribution is 2.34. The van der Waals surface area contributed by atoms with Crippen molar-refractivity contribution in [1.82, 2.24) is 5.32 Å². The van der Waals surface area contributed by atoms with Crippen LogP contribution in [0.2, 0.25) is 0 Å². The Hall–Kier alpha value is -1.57. The molecule has 0 radical (unpaired) electrons. The first-order valence-electron chi connectivity index (χ1n) is 7.09. The standard InChI is InChI=1S/C15H15BrF3NO3/c16-9-3-6-11(12(7-9)15(17,18)19)13(21)20-10-4-1-8(2-5-10)14(22)23/h3,6-8,10H,1-2,4-5H2,(H,20,21)(H,22,23). The second-order valence-corrected chi connectivity index (χ2v) is 6.46. The Morgan fingerprint density at radius 1 is 1.17 bits per heavy atom. The van der Waals surface area contributed by atoms with E-state index in [0.717, 1.165) is 12.1 Å². The van der Waals surface area contributed by atoms with Crippen LogP contribution in [0.25, 0.3) is 0 Å². The summed E-state index contributed by atoms with van der Waals surface area (Å²) in [7, 11) is 0. The van der Waals surface area contributed by atoms with E-state index in [1.807, 2.05) is 0 Å². The summed E-state index contributed by atoms with van der Waals surface area (Å²) in [6.45, 7) is 0. The Labute approximate surface area is 139 Å². The molecule has 1 aromatic carbocycles. The SMILES string of the molecule is O=C(NC1CCC(C(=O)O)CC1)c1ccc(Br)cc1C(F)(F)F. The zero-order valence-corrected chi connectivity index (χ0v) is 13.6. The van der Waals surface area contributed by atoms with Gasteiger partial charge in [-0.15, -0.1) is 0 Å². The normalized spacial score (nSPS) is 21.7. The average molecular weight is 394 g/mol. The van der Waals surface area contributed by atoms with Crippen molar-refractivity contribution in [2.75, 3.05) is 0 Å². The molecule has 2 rings (SSSR count). The van der Waals surface area contributed by atoms with E-state index >= 15 is 0 Å². The van der Waals surface area contributed by atoms with E-state index in [9.17, 15) is 22.8 Å². The number of aliphatic carboxylic acids is 1. The van der Waals surface area contributed by atoms with Gasteiger partial charge in [0.05, 0.1) is 17.0 Å². The molecule has 0 aliphatic heterocycles. The summed E-state index contributed by atoms with van der Waals surface area (Å²) in [4.78, 5) is 23.0. The summed E-state index contributed by atoms with van der Waals surface area (Å²) >= 11 is 2.97. The minimum Gasteiger partial charge on any atom is -0.481 e. The van der Waals surface area contributed by atoms with Gasteiger partial charge in [-0.2, -0.15) is 13.2 Å². The van der Waals surface area contributed by atoms with Gasteiger partial charge in [0, 0.05) is 10.5 Å². The van der Waals surface area contributed by atoms with Crippen LogP contribution in [-0.4, -0.2) is 23.0 Å². The van der Waals surface area contributed by atoms with Gasteiger partial charge in [-0.1, -0.05) is 15.9 Å². The molecule has 0 aromatic heterocycles. The van der Waals surface area contributed by atoms with Gasteiger partial charge < -0.3 is 10.4 Å². The predicted molar refractivity (Wildman–Crippen MR) is 80.0 cm³/mol. The lowest BCUT2D eigenvalue weighted by Crippen LogP contribution is -2.39. The second-order valence-electron chi connectivity index (χ2n) is 5.55. The van der Waals surface area contributed by atoms with Crippen LogP contribution in [0.15, 0.2) is 22.7 Å². The first-order valence-corrected chi connectivity index (χ1v) is 7.88. The zero-order chi connectivity index (χ0) is 17.2. The van der Waals surface area contributed by atoms with Gasteiger partial charge in [0.15, 0.2) is 0 Å². The van der Waals surface area contributed by atoms with Gasteiger partial charge in [0.2, 0.25) is 0 Å². The molecule has 0 saturated heterocycles. The Kier molecular flexibility index (Phi) is 5.33. The van der Waals surface area contributed by atoms with Crippen LogP contribution in [0.3, 0.4) is 0 Å². The van der Waals surface area contributed by atoms with E-state index in [-0.39, 0.29) is 10.5 Å². The number of carbonyl (C=O) groups excluding carboxylic acids is 1. The van der Waals surface area contributed by atoms with Crippen molar-refractivity contribution in [2.45, 2.75) is 37.9 Å². The summed E-state index contributed by atoms with van der Waals surface area (Å²) in [5, 5.41) is 11.5. The van der Waals surface area contributed by atoms with Crippen LogP contribution >= 0.6 is 15.9 Å². The number of halogens is 4. The third-order valence-electron chi connectivity index (χ3n) is 3.94. The number of amides is 1. The highest BCUT2D eigenvalue weighted by Gasteiger charge is 2.36. The van der Waals surface area contributed by atoms with Crippen molar-refractivity contribution >= 4 is 27.8 Å². The van der Waals surface area contributed by atoms with Crippen molar-refractivity contribution in [1.29, 1.82) is 0 Å². The molecule has 0 bridgehead atoms. The third kappa shape index (κ3) is 4.46. The van der Waals surface area contributed by atoms with Crippen LogP contribution in [0.1, 0.15) is 41.6 Å². The second kappa shape index (κ2) is 6.90. The van der Waals surface area contributed by atoms with Gasteiger partial charge >= 0.3 is 12.1 Å². The summed E-state index contributed by atoms with van der Waals surface area (Å²) in [5.74, 6) is -2.10. The molecule has 2 N–H and O–H groups in total. The number of hydrogen-bond donors (Lipinski definition) is 2. The van der Waals surface area contributed by atoms with E-state index in [1.165, 1.54) is 6.07 Å². The summed E-state index contributed by atoms with van der Waals surface area (Å²) in [6.07, 6.45) is -2.92. The average Bonchev–Trinajstić information content (AvgIpc) is 2.46. The molecule has 0 unspecified atom stereocenters. The van der Waals surface area contributed by atoms with Crippen molar-refractivity contribution in [3.63, 3.8) is 0 Å². The largest absolute Gasteiger partial charge is 0.481 e. The first kappa shape index (κ1) is 17.8. The fourth-order valence-corrected chi connectivity index (χ4v) is 3.06. The molecule has 0 spiro atoms. The van der Waals surface area contributed by atoms with Gasteiger partial charge in [0.1, 0.15) is 0 Å². The molecule has 1 aliphatic rings. The first-order chi connectivity index (χ1) is 10.7. The van der Waals surface area contributed by atoms with E-state index in [2.05, 4.69) is 21.2 Å². The quantitative estimate of drug-likeness (QED) is 0.819. The maximum atomic E-state index is 13.0. The van der Waals surface area contributed by atoms with Crippen molar-refractivity contribution in [3.05, 3.63) is 33.8 Å². The monoisotopic (exact) mass is 393 g/mol. The van der Waals surface area contributed by atoms with Crippen molar-refractivity contribution < 1.29 is 27.9 Å². The topological polar surface area (TPSA) is 66.4 Å². The van der Waals surface area contributed by atoms with Gasteiger partial charge in [-0.3, -0.25) is 9.59 Å². The minimum atomic E-state index is -4.63. The fourth-order valence-electron chi connectivity index (χ4n) is 2.70. The van der Waals surface area contributed by atoms with E-state index in [1.54, 1.807) is 0 Å². The molecule has 4 nitrogen and oxygen atoms in total. The molecule has 23 heavy (non-hydrogen) atoms. The lowest BCUT2D eigenvalue weighted by atomic mass is 9.86. The molecular weight excluding hydrogens is 379 g/mol. The number of carbonyl (C=O) groups is 2. The number of nitrogens with one attached hydrogen (secondary N) is 1. The molecule has 8 heteroatoms. The molecule has 0 heterocycles. The molecule has 0 atom stereocenters. The molecule has 126 valence electrons. The zero-order valence-electron chi connectivity index (χ0n) is 12.0. The number of hydrogen-bond acceptors (Lipinski definition) is 2. The maximum absolute atomic E-state index is 13.0. The van der Waals surface area contributed by atoms with Crippen LogP contribution in [0.4, 0.5) is 13.2 Å². The van der Waals surface area contributed by atoms with Crippen LogP contribution < -0.4 is 5.32 Å². The van der Waals surface area contributed by atoms with Crippen molar-refractivity contribution in [2.24, 2.45) is 5.92 Å². The number of rotatable bonds is 3. The van der Waals surface area contributed by atoms with Gasteiger partial charge in [-0.25, -0.2) is 0 Å².